The van der Waals surface area contributed by atoms with Gasteiger partial charge in [0.2, 0.25) is 11.8 Å². The Hall–Kier alpha value is -2.06. The lowest BCUT2D eigenvalue weighted by Crippen LogP contribution is -2.39. The van der Waals surface area contributed by atoms with Crippen LogP contribution in [0, 0.1) is 0 Å². The van der Waals surface area contributed by atoms with Gasteiger partial charge in [0.15, 0.2) is 0 Å². The standard InChI is InChI=1S/C11H15N5O2S/c12-9(17)5-16(6-10(13)18)4-7-1-2-15-8(3-7)11(14)19/h1-3H,4-6H2,(H2,12,17)(H2,13,18)(H2,14,19). The molecule has 0 fully saturated rings. The molecule has 1 aromatic rings. The molecule has 0 radical (unpaired) electrons. The van der Waals surface area contributed by atoms with Crippen LogP contribution in [0.2, 0.25) is 0 Å². The van der Waals surface area contributed by atoms with E-state index >= 15 is 0 Å². The summed E-state index contributed by atoms with van der Waals surface area (Å²) in [6.45, 7) is 0.200. The number of nitrogens with two attached hydrogens (primary N) is 3. The normalized spacial score (nSPS) is 10.4. The van der Waals surface area contributed by atoms with Crippen molar-refractivity contribution in [3.05, 3.63) is 29.6 Å². The lowest BCUT2D eigenvalue weighted by molar-refractivity contribution is -0.122. The molecule has 0 aliphatic carbocycles. The average Bonchev–Trinajstić information content (AvgIpc) is 2.27. The summed E-state index contributed by atoms with van der Waals surface area (Å²) >= 11 is 4.83. The van der Waals surface area contributed by atoms with Gasteiger partial charge >= 0.3 is 0 Å². The first-order valence-electron chi connectivity index (χ1n) is 5.42. The molecule has 0 aliphatic heterocycles. The van der Waals surface area contributed by atoms with E-state index in [-0.39, 0.29) is 18.1 Å². The van der Waals surface area contributed by atoms with Crippen LogP contribution in [-0.4, -0.2) is 39.8 Å². The predicted molar refractivity (Wildman–Crippen MR) is 73.8 cm³/mol. The van der Waals surface area contributed by atoms with E-state index in [4.69, 9.17) is 29.4 Å². The molecule has 0 saturated carbocycles. The lowest BCUT2D eigenvalue weighted by atomic mass is 10.2. The van der Waals surface area contributed by atoms with Crippen molar-refractivity contribution >= 4 is 29.0 Å². The molecule has 8 heteroatoms. The molecule has 7 nitrogen and oxygen atoms in total. The van der Waals surface area contributed by atoms with Crippen LogP contribution in [0.15, 0.2) is 18.3 Å². The smallest absolute Gasteiger partial charge is 0.231 e. The second-order valence-corrected chi connectivity index (χ2v) is 4.43. The molecule has 0 aromatic carbocycles. The number of primary amides is 2. The number of aromatic nitrogens is 1. The van der Waals surface area contributed by atoms with Gasteiger partial charge in [0.25, 0.3) is 0 Å². The second-order valence-electron chi connectivity index (χ2n) is 3.99. The van der Waals surface area contributed by atoms with Gasteiger partial charge in [-0.2, -0.15) is 0 Å². The molecule has 0 aliphatic rings. The molecule has 1 aromatic heterocycles. The maximum atomic E-state index is 10.9. The van der Waals surface area contributed by atoms with E-state index in [0.717, 1.165) is 5.56 Å². The van der Waals surface area contributed by atoms with Gasteiger partial charge < -0.3 is 17.2 Å². The summed E-state index contributed by atoms with van der Waals surface area (Å²) in [5.41, 5.74) is 17.0. The molecule has 102 valence electrons. The van der Waals surface area contributed by atoms with Gasteiger partial charge in [0.05, 0.1) is 18.8 Å². The number of rotatable bonds is 7. The van der Waals surface area contributed by atoms with Gasteiger partial charge in [-0.1, -0.05) is 12.2 Å². The fraction of sp³-hybridized carbons (Fsp3) is 0.273. The van der Waals surface area contributed by atoms with Crippen molar-refractivity contribution in [3.63, 3.8) is 0 Å². The molecule has 1 heterocycles. The second kappa shape index (κ2) is 6.76. The molecular weight excluding hydrogens is 266 g/mol. The largest absolute Gasteiger partial charge is 0.388 e. The van der Waals surface area contributed by atoms with E-state index in [9.17, 15) is 9.59 Å². The van der Waals surface area contributed by atoms with Crippen LogP contribution in [0.4, 0.5) is 0 Å². The Morgan fingerprint density at radius 1 is 1.21 bits per heavy atom. The zero-order valence-electron chi connectivity index (χ0n) is 10.2. The quantitative estimate of drug-likeness (QED) is 0.521. The summed E-state index contributed by atoms with van der Waals surface area (Å²) in [4.78, 5) is 27.6. The minimum Gasteiger partial charge on any atom is -0.388 e. The van der Waals surface area contributed by atoms with Crippen LogP contribution in [0.5, 0.6) is 0 Å². The van der Waals surface area contributed by atoms with Crippen molar-refractivity contribution in [1.82, 2.24) is 9.88 Å². The Bertz CT molecular complexity index is 490. The summed E-state index contributed by atoms with van der Waals surface area (Å²) in [5.74, 6) is -1.07. The van der Waals surface area contributed by atoms with Gasteiger partial charge in [-0.15, -0.1) is 0 Å². The van der Waals surface area contributed by atoms with Crippen molar-refractivity contribution in [2.75, 3.05) is 13.1 Å². The van der Waals surface area contributed by atoms with E-state index in [2.05, 4.69) is 4.98 Å². The minimum atomic E-state index is -0.537. The summed E-state index contributed by atoms with van der Waals surface area (Å²) in [6, 6.07) is 3.42. The Morgan fingerprint density at radius 2 is 1.79 bits per heavy atom. The third-order valence-electron chi connectivity index (χ3n) is 2.24. The van der Waals surface area contributed by atoms with E-state index in [1.54, 1.807) is 18.3 Å². The number of nitrogens with zero attached hydrogens (tertiary/aromatic N) is 2. The molecule has 0 atom stereocenters. The maximum Gasteiger partial charge on any atom is 0.231 e. The number of hydrogen-bond acceptors (Lipinski definition) is 5. The fourth-order valence-corrected chi connectivity index (χ4v) is 1.69. The third kappa shape index (κ3) is 5.40. The molecule has 0 unspecified atom stereocenters. The molecule has 19 heavy (non-hydrogen) atoms. The summed E-state index contributed by atoms with van der Waals surface area (Å²) < 4.78 is 0. The maximum absolute atomic E-state index is 10.9. The van der Waals surface area contributed by atoms with Crippen molar-refractivity contribution in [2.24, 2.45) is 17.2 Å². The fourth-order valence-electron chi connectivity index (χ4n) is 1.57. The SMILES string of the molecule is NC(=O)CN(CC(N)=O)Cc1ccnc(C(N)=S)c1. The zero-order valence-corrected chi connectivity index (χ0v) is 11.0. The number of pyridine rings is 1. The van der Waals surface area contributed by atoms with E-state index in [0.29, 0.717) is 12.2 Å². The molecule has 0 spiro atoms. The molecule has 0 bridgehead atoms. The number of carbonyl (C=O) groups is 2. The van der Waals surface area contributed by atoms with E-state index < -0.39 is 11.8 Å². The first-order chi connectivity index (χ1) is 8.88. The van der Waals surface area contributed by atoms with Crippen LogP contribution in [0.1, 0.15) is 11.3 Å². The van der Waals surface area contributed by atoms with Crippen LogP contribution >= 0.6 is 12.2 Å². The van der Waals surface area contributed by atoms with Gasteiger partial charge in [-0.25, -0.2) is 0 Å². The Labute approximate surface area is 115 Å². The summed E-state index contributed by atoms with van der Waals surface area (Å²) in [6.07, 6.45) is 1.55. The predicted octanol–water partition coefficient (Wildman–Crippen LogP) is -1.51. The number of thiocarbonyl (C=S) groups is 1. The van der Waals surface area contributed by atoms with Crippen molar-refractivity contribution in [1.29, 1.82) is 0 Å². The van der Waals surface area contributed by atoms with Crippen LogP contribution in [0.3, 0.4) is 0 Å². The highest BCUT2D eigenvalue weighted by atomic mass is 32.1. The van der Waals surface area contributed by atoms with Crippen molar-refractivity contribution < 1.29 is 9.59 Å². The average molecular weight is 281 g/mol. The molecule has 2 amide bonds. The summed E-state index contributed by atoms with van der Waals surface area (Å²) in [7, 11) is 0. The Kier molecular flexibility index (Phi) is 5.34. The Morgan fingerprint density at radius 3 is 2.26 bits per heavy atom. The third-order valence-corrected chi connectivity index (χ3v) is 2.45. The van der Waals surface area contributed by atoms with Gasteiger partial charge in [-0.05, 0) is 17.7 Å². The topological polar surface area (TPSA) is 128 Å². The first kappa shape index (κ1) is 15.0. The molecular formula is C11H15N5O2S. The van der Waals surface area contributed by atoms with Gasteiger partial charge in [0, 0.05) is 12.7 Å². The Balaban J connectivity index is 2.82. The van der Waals surface area contributed by atoms with Crippen LogP contribution in [0.25, 0.3) is 0 Å². The van der Waals surface area contributed by atoms with E-state index in [1.165, 1.54) is 4.90 Å². The van der Waals surface area contributed by atoms with Crippen molar-refractivity contribution in [2.45, 2.75) is 6.54 Å². The molecule has 1 rings (SSSR count). The minimum absolute atomic E-state index is 0.0618. The van der Waals surface area contributed by atoms with Crippen LogP contribution < -0.4 is 17.2 Å². The highest BCUT2D eigenvalue weighted by molar-refractivity contribution is 7.80. The molecule has 0 saturated heterocycles. The zero-order chi connectivity index (χ0) is 14.4. The highest BCUT2D eigenvalue weighted by Gasteiger charge is 2.12. The van der Waals surface area contributed by atoms with Crippen LogP contribution in [-0.2, 0) is 16.1 Å². The van der Waals surface area contributed by atoms with Gasteiger partial charge in [0.1, 0.15) is 4.99 Å². The first-order valence-corrected chi connectivity index (χ1v) is 5.83. The number of amides is 2. The number of carbonyl (C=O) groups excluding carboxylic acids is 2. The van der Waals surface area contributed by atoms with E-state index in [1.807, 2.05) is 0 Å². The highest BCUT2D eigenvalue weighted by Crippen LogP contribution is 2.06. The monoisotopic (exact) mass is 281 g/mol. The number of hydrogen-bond donors (Lipinski definition) is 3. The summed E-state index contributed by atoms with van der Waals surface area (Å²) in [5, 5.41) is 0. The molecule has 6 N–H and O–H groups in total. The van der Waals surface area contributed by atoms with Gasteiger partial charge in [-0.3, -0.25) is 19.5 Å². The lowest BCUT2D eigenvalue weighted by Gasteiger charge is -2.19. The van der Waals surface area contributed by atoms with Crippen molar-refractivity contribution in [3.8, 4) is 0 Å².